The second-order valence-electron chi connectivity index (χ2n) is 3.22. The highest BCUT2D eigenvalue weighted by Gasteiger charge is 2.07. The van der Waals surface area contributed by atoms with Crippen LogP contribution in [0.15, 0.2) is 24.3 Å². The zero-order valence-electron chi connectivity index (χ0n) is 8.40. The smallest absolute Gasteiger partial charge is 0.149 e. The number of fused-ring (bicyclic) bond motifs is 1. The van der Waals surface area contributed by atoms with Gasteiger partial charge >= 0.3 is 0 Å². The van der Waals surface area contributed by atoms with E-state index in [0.29, 0.717) is 12.2 Å². The van der Waals surface area contributed by atoms with Gasteiger partial charge in [-0.1, -0.05) is 12.1 Å². The van der Waals surface area contributed by atoms with Crippen LogP contribution in [0.25, 0.3) is 10.2 Å². The van der Waals surface area contributed by atoms with Crippen LogP contribution in [0.2, 0.25) is 0 Å². The first-order chi connectivity index (χ1) is 7.29. The van der Waals surface area contributed by atoms with Crippen molar-refractivity contribution in [3.63, 3.8) is 0 Å². The average molecular weight is 237 g/mol. The summed E-state index contributed by atoms with van der Waals surface area (Å²) >= 11 is 3.17. The van der Waals surface area contributed by atoms with E-state index in [0.717, 1.165) is 15.2 Å². The van der Waals surface area contributed by atoms with Crippen molar-refractivity contribution in [1.29, 1.82) is 0 Å². The van der Waals surface area contributed by atoms with Crippen LogP contribution in [0.4, 0.5) is 0 Å². The van der Waals surface area contributed by atoms with E-state index in [1.807, 2.05) is 30.5 Å². The molecule has 4 heteroatoms. The van der Waals surface area contributed by atoms with E-state index in [1.165, 1.54) is 0 Å². The molecule has 0 atom stereocenters. The minimum absolute atomic E-state index is 0.251. The molecule has 2 rings (SSSR count). The lowest BCUT2D eigenvalue weighted by molar-refractivity contribution is -0.115. The minimum atomic E-state index is 0.251. The molecule has 0 saturated carbocycles. The van der Waals surface area contributed by atoms with Gasteiger partial charge in [0.25, 0.3) is 0 Å². The molecule has 0 amide bonds. The van der Waals surface area contributed by atoms with Crippen LogP contribution in [-0.2, 0) is 11.2 Å². The van der Waals surface area contributed by atoms with Crippen LogP contribution < -0.4 is 0 Å². The number of rotatable bonds is 4. The second kappa shape index (κ2) is 4.77. The Hall–Kier alpha value is -0.870. The average Bonchev–Trinajstić information content (AvgIpc) is 2.59. The Labute approximate surface area is 96.7 Å². The largest absolute Gasteiger partial charge is 0.298 e. The van der Waals surface area contributed by atoms with Crippen LogP contribution in [0.1, 0.15) is 5.01 Å². The van der Waals surface area contributed by atoms with Crippen LogP contribution in [-0.4, -0.2) is 22.8 Å². The number of ketones is 1. The highest BCUT2D eigenvalue weighted by molar-refractivity contribution is 7.99. The van der Waals surface area contributed by atoms with Crippen molar-refractivity contribution < 1.29 is 4.79 Å². The molecule has 1 aromatic carbocycles. The third-order valence-corrected chi connectivity index (χ3v) is 3.64. The molecule has 15 heavy (non-hydrogen) atoms. The molecule has 1 aromatic heterocycles. The molecule has 78 valence electrons. The molecular formula is C11H11NOS2. The molecule has 0 aliphatic heterocycles. The molecule has 2 aromatic rings. The van der Waals surface area contributed by atoms with E-state index >= 15 is 0 Å². The van der Waals surface area contributed by atoms with Crippen molar-refractivity contribution in [2.24, 2.45) is 0 Å². The Morgan fingerprint density at radius 2 is 2.27 bits per heavy atom. The summed E-state index contributed by atoms with van der Waals surface area (Å²) in [6, 6.07) is 7.98. The molecule has 1 heterocycles. The van der Waals surface area contributed by atoms with Crippen LogP contribution >= 0.6 is 23.1 Å². The number of nitrogens with zero attached hydrogens (tertiary/aromatic N) is 1. The Morgan fingerprint density at radius 1 is 1.47 bits per heavy atom. The van der Waals surface area contributed by atoms with Crippen LogP contribution in [0, 0.1) is 0 Å². The van der Waals surface area contributed by atoms with E-state index < -0.39 is 0 Å². The summed E-state index contributed by atoms with van der Waals surface area (Å²) in [5.41, 5.74) is 0.995. The number of para-hydroxylation sites is 1. The lowest BCUT2D eigenvalue weighted by atomic mass is 10.3. The monoisotopic (exact) mass is 237 g/mol. The first-order valence-corrected chi connectivity index (χ1v) is 6.85. The van der Waals surface area contributed by atoms with Crippen molar-refractivity contribution >= 4 is 39.1 Å². The zero-order chi connectivity index (χ0) is 10.7. The van der Waals surface area contributed by atoms with E-state index in [4.69, 9.17) is 0 Å². The fraction of sp³-hybridized carbons (Fsp3) is 0.273. The van der Waals surface area contributed by atoms with E-state index in [-0.39, 0.29) is 5.78 Å². The number of carbonyl (C=O) groups excluding carboxylic acids is 1. The van der Waals surface area contributed by atoms with Gasteiger partial charge in [0.2, 0.25) is 0 Å². The summed E-state index contributed by atoms with van der Waals surface area (Å²) in [7, 11) is 0. The van der Waals surface area contributed by atoms with Gasteiger partial charge in [-0.15, -0.1) is 11.3 Å². The summed E-state index contributed by atoms with van der Waals surface area (Å²) in [5.74, 6) is 0.831. The molecule has 0 bridgehead atoms. The Balaban J connectivity index is 2.18. The van der Waals surface area contributed by atoms with Crippen LogP contribution in [0.3, 0.4) is 0 Å². The summed E-state index contributed by atoms with van der Waals surface area (Å²) in [6.07, 6.45) is 2.41. The van der Waals surface area contributed by atoms with Crippen molar-refractivity contribution in [2.45, 2.75) is 6.42 Å². The first kappa shape index (κ1) is 10.6. The Morgan fingerprint density at radius 3 is 3.00 bits per heavy atom. The quantitative estimate of drug-likeness (QED) is 0.819. The molecule has 0 radical (unpaired) electrons. The molecule has 0 spiro atoms. The number of benzene rings is 1. The van der Waals surface area contributed by atoms with E-state index in [2.05, 4.69) is 4.98 Å². The third kappa shape index (κ3) is 2.58. The topological polar surface area (TPSA) is 30.0 Å². The zero-order valence-corrected chi connectivity index (χ0v) is 10.0. The number of hydrogen-bond donors (Lipinski definition) is 0. The lowest BCUT2D eigenvalue weighted by Crippen LogP contribution is -2.04. The fourth-order valence-corrected chi connectivity index (χ4v) is 2.80. The summed E-state index contributed by atoms with van der Waals surface area (Å²) in [4.78, 5) is 15.9. The highest BCUT2D eigenvalue weighted by atomic mass is 32.2. The van der Waals surface area contributed by atoms with Gasteiger partial charge in [0.1, 0.15) is 10.8 Å². The molecule has 0 aliphatic rings. The second-order valence-corrected chi connectivity index (χ2v) is 5.21. The summed E-state index contributed by atoms with van der Waals surface area (Å²) < 4.78 is 1.16. The molecular weight excluding hydrogens is 226 g/mol. The van der Waals surface area contributed by atoms with E-state index in [1.54, 1.807) is 23.1 Å². The number of aromatic nitrogens is 1. The van der Waals surface area contributed by atoms with Gasteiger partial charge in [-0.25, -0.2) is 4.98 Å². The number of thioether (sulfide) groups is 1. The fourth-order valence-electron chi connectivity index (χ4n) is 1.38. The molecule has 0 unspecified atom stereocenters. The first-order valence-electron chi connectivity index (χ1n) is 4.64. The predicted octanol–water partition coefficient (Wildman–Crippen LogP) is 2.77. The predicted molar refractivity (Wildman–Crippen MR) is 66.7 cm³/mol. The van der Waals surface area contributed by atoms with Crippen molar-refractivity contribution in [2.75, 3.05) is 12.0 Å². The normalized spacial score (nSPS) is 10.7. The Bertz CT molecular complexity index is 445. The molecule has 0 fully saturated rings. The number of thiazole rings is 1. The summed E-state index contributed by atoms with van der Waals surface area (Å²) in [5, 5.41) is 0.926. The van der Waals surface area contributed by atoms with Crippen molar-refractivity contribution in [1.82, 2.24) is 4.98 Å². The Kier molecular flexibility index (Phi) is 3.38. The van der Waals surface area contributed by atoms with Gasteiger partial charge in [0.05, 0.1) is 22.4 Å². The lowest BCUT2D eigenvalue weighted by Gasteiger charge is -1.92. The molecule has 0 aliphatic carbocycles. The van der Waals surface area contributed by atoms with Gasteiger partial charge < -0.3 is 0 Å². The molecule has 0 saturated heterocycles. The number of carbonyl (C=O) groups is 1. The van der Waals surface area contributed by atoms with Gasteiger partial charge in [-0.3, -0.25) is 4.79 Å². The minimum Gasteiger partial charge on any atom is -0.298 e. The maximum Gasteiger partial charge on any atom is 0.149 e. The van der Waals surface area contributed by atoms with Gasteiger partial charge in [0.15, 0.2) is 0 Å². The molecule has 0 N–H and O–H groups in total. The van der Waals surface area contributed by atoms with Crippen LogP contribution in [0.5, 0.6) is 0 Å². The summed E-state index contributed by atoms with van der Waals surface area (Å²) in [6.45, 7) is 0. The third-order valence-electron chi connectivity index (χ3n) is 1.99. The maximum atomic E-state index is 11.4. The van der Waals surface area contributed by atoms with Crippen molar-refractivity contribution in [3.8, 4) is 0 Å². The maximum absolute atomic E-state index is 11.4. The van der Waals surface area contributed by atoms with E-state index in [9.17, 15) is 4.79 Å². The van der Waals surface area contributed by atoms with Gasteiger partial charge in [-0.2, -0.15) is 11.8 Å². The number of Topliss-reactive ketones (excluding diaryl/α,β-unsaturated/α-hetero) is 1. The highest BCUT2D eigenvalue weighted by Crippen LogP contribution is 2.22. The van der Waals surface area contributed by atoms with Gasteiger partial charge in [-0.05, 0) is 18.4 Å². The van der Waals surface area contributed by atoms with Crippen molar-refractivity contribution in [3.05, 3.63) is 29.3 Å². The number of hydrogen-bond acceptors (Lipinski definition) is 4. The van der Waals surface area contributed by atoms with Gasteiger partial charge in [0, 0.05) is 0 Å². The molecule has 2 nitrogen and oxygen atoms in total. The standard InChI is InChI=1S/C11H11NOS2/c1-14-7-8(13)6-11-12-9-4-2-3-5-10(9)15-11/h2-5H,6-7H2,1H3. The SMILES string of the molecule is CSCC(=O)Cc1nc2ccccc2s1.